The first-order chi connectivity index (χ1) is 10.3. The monoisotopic (exact) mass is 290 g/mol. The van der Waals surface area contributed by atoms with Crippen molar-refractivity contribution in [2.45, 2.75) is 82.5 Å². The zero-order valence-electron chi connectivity index (χ0n) is 12.9. The minimum absolute atomic E-state index is 0.556. The number of rotatable bonds is 6. The molecule has 2 bridgehead atoms. The van der Waals surface area contributed by atoms with Crippen molar-refractivity contribution in [1.29, 1.82) is 0 Å². The molecule has 3 heterocycles. The van der Waals surface area contributed by atoms with E-state index >= 15 is 0 Å². The lowest BCUT2D eigenvalue weighted by molar-refractivity contribution is 0.129. The highest BCUT2D eigenvalue weighted by atomic mass is 16.5. The van der Waals surface area contributed by atoms with Gasteiger partial charge < -0.3 is 9.84 Å². The average molecular weight is 290 g/mol. The molecule has 1 aliphatic carbocycles. The van der Waals surface area contributed by atoms with E-state index in [0.29, 0.717) is 12.0 Å². The number of hydrogen-bond donors (Lipinski definition) is 1. The van der Waals surface area contributed by atoms with Gasteiger partial charge in [0.2, 0.25) is 5.89 Å². The zero-order chi connectivity index (χ0) is 14.2. The van der Waals surface area contributed by atoms with Crippen LogP contribution in [-0.4, -0.2) is 39.7 Å². The molecule has 2 atom stereocenters. The molecule has 116 valence electrons. The van der Waals surface area contributed by atoms with E-state index in [1.165, 1.54) is 44.9 Å². The summed E-state index contributed by atoms with van der Waals surface area (Å²) in [7, 11) is 0. The molecule has 0 amide bonds. The Morgan fingerprint density at radius 2 is 1.95 bits per heavy atom. The fourth-order valence-corrected chi connectivity index (χ4v) is 4.01. The Balaban J connectivity index is 1.43. The van der Waals surface area contributed by atoms with Crippen LogP contribution >= 0.6 is 0 Å². The minimum Gasteiger partial charge on any atom is -0.339 e. The molecule has 21 heavy (non-hydrogen) atoms. The standard InChI is InChI=1S/C16H26N4O/c1-2-7-20(14-8-12-5-6-13(9-14)17-12)10-15-18-16(21-19-15)11-3-4-11/h11-14,17H,2-10H2,1H3. The molecule has 5 heteroatoms. The van der Waals surface area contributed by atoms with Gasteiger partial charge in [-0.05, 0) is 51.5 Å². The summed E-state index contributed by atoms with van der Waals surface area (Å²) in [6.45, 7) is 4.25. The summed E-state index contributed by atoms with van der Waals surface area (Å²) in [5.41, 5.74) is 0. The maximum Gasteiger partial charge on any atom is 0.229 e. The van der Waals surface area contributed by atoms with E-state index in [9.17, 15) is 0 Å². The summed E-state index contributed by atoms with van der Waals surface area (Å²) >= 11 is 0. The second kappa shape index (κ2) is 5.69. The Morgan fingerprint density at radius 1 is 1.19 bits per heavy atom. The third kappa shape index (κ3) is 2.99. The second-order valence-electron chi connectivity index (χ2n) is 7.06. The van der Waals surface area contributed by atoms with Gasteiger partial charge in [-0.1, -0.05) is 12.1 Å². The number of piperidine rings is 1. The molecule has 1 aromatic rings. The van der Waals surface area contributed by atoms with Crippen LogP contribution in [0.5, 0.6) is 0 Å². The lowest BCUT2D eigenvalue weighted by Gasteiger charge is -2.37. The van der Waals surface area contributed by atoms with E-state index in [2.05, 4.69) is 27.3 Å². The second-order valence-corrected chi connectivity index (χ2v) is 7.06. The van der Waals surface area contributed by atoms with Gasteiger partial charge in [0, 0.05) is 24.0 Å². The Bertz CT molecular complexity index is 472. The molecule has 5 nitrogen and oxygen atoms in total. The molecule has 3 fully saturated rings. The summed E-state index contributed by atoms with van der Waals surface area (Å²) in [6, 6.07) is 2.16. The number of fused-ring (bicyclic) bond motifs is 2. The van der Waals surface area contributed by atoms with Crippen LogP contribution in [0.2, 0.25) is 0 Å². The van der Waals surface area contributed by atoms with Crippen molar-refractivity contribution in [2.75, 3.05) is 6.54 Å². The summed E-state index contributed by atoms with van der Waals surface area (Å²) in [5, 5.41) is 7.94. The fraction of sp³-hybridized carbons (Fsp3) is 0.875. The number of aromatic nitrogens is 2. The first kappa shape index (κ1) is 13.7. The quantitative estimate of drug-likeness (QED) is 0.872. The normalized spacial score (nSPS) is 32.0. The predicted molar refractivity (Wildman–Crippen MR) is 79.9 cm³/mol. The van der Waals surface area contributed by atoms with E-state index < -0.39 is 0 Å². The zero-order valence-corrected chi connectivity index (χ0v) is 12.9. The first-order valence-corrected chi connectivity index (χ1v) is 8.64. The van der Waals surface area contributed by atoms with Gasteiger partial charge in [-0.3, -0.25) is 4.90 Å². The highest BCUT2D eigenvalue weighted by Gasteiger charge is 2.36. The van der Waals surface area contributed by atoms with Gasteiger partial charge in [-0.15, -0.1) is 0 Å². The average Bonchev–Trinajstić information content (AvgIpc) is 3.15. The lowest BCUT2D eigenvalue weighted by Crippen LogP contribution is -2.48. The number of nitrogens with zero attached hydrogens (tertiary/aromatic N) is 3. The molecule has 0 aromatic carbocycles. The molecule has 0 radical (unpaired) electrons. The van der Waals surface area contributed by atoms with Crippen molar-refractivity contribution in [2.24, 2.45) is 0 Å². The van der Waals surface area contributed by atoms with Gasteiger partial charge in [0.1, 0.15) is 0 Å². The molecule has 0 spiro atoms. The van der Waals surface area contributed by atoms with Crippen LogP contribution in [-0.2, 0) is 6.54 Å². The molecule has 1 saturated carbocycles. The van der Waals surface area contributed by atoms with Crippen LogP contribution < -0.4 is 5.32 Å². The van der Waals surface area contributed by atoms with Crippen LogP contribution in [0.4, 0.5) is 0 Å². The van der Waals surface area contributed by atoms with Crippen LogP contribution in [0.3, 0.4) is 0 Å². The number of nitrogens with one attached hydrogen (secondary N) is 1. The highest BCUT2D eigenvalue weighted by molar-refractivity contribution is 5.02. The van der Waals surface area contributed by atoms with Crippen molar-refractivity contribution in [3.05, 3.63) is 11.7 Å². The van der Waals surface area contributed by atoms with Gasteiger partial charge >= 0.3 is 0 Å². The van der Waals surface area contributed by atoms with Crippen molar-refractivity contribution in [3.8, 4) is 0 Å². The fourth-order valence-electron chi connectivity index (χ4n) is 4.01. The molecule has 1 aromatic heterocycles. The largest absolute Gasteiger partial charge is 0.339 e. The third-order valence-corrected chi connectivity index (χ3v) is 5.23. The molecular formula is C16H26N4O. The molecular weight excluding hydrogens is 264 g/mol. The lowest BCUT2D eigenvalue weighted by atomic mass is 9.98. The number of hydrogen-bond acceptors (Lipinski definition) is 5. The highest BCUT2D eigenvalue weighted by Crippen LogP contribution is 2.39. The van der Waals surface area contributed by atoms with E-state index in [1.54, 1.807) is 0 Å². The smallest absolute Gasteiger partial charge is 0.229 e. The van der Waals surface area contributed by atoms with E-state index in [4.69, 9.17) is 4.52 Å². The molecule has 1 N–H and O–H groups in total. The maximum atomic E-state index is 5.41. The topological polar surface area (TPSA) is 54.2 Å². The molecule has 3 aliphatic rings. The van der Waals surface area contributed by atoms with Gasteiger partial charge in [0.25, 0.3) is 0 Å². The first-order valence-electron chi connectivity index (χ1n) is 8.64. The summed E-state index contributed by atoms with van der Waals surface area (Å²) < 4.78 is 5.41. The Hall–Kier alpha value is -0.940. The van der Waals surface area contributed by atoms with Crippen molar-refractivity contribution >= 4 is 0 Å². The molecule has 2 saturated heterocycles. The Labute approximate surface area is 126 Å². The Kier molecular flexibility index (Phi) is 3.71. The Morgan fingerprint density at radius 3 is 2.62 bits per heavy atom. The maximum absolute atomic E-state index is 5.41. The van der Waals surface area contributed by atoms with E-state index in [0.717, 1.165) is 36.9 Å². The van der Waals surface area contributed by atoms with E-state index in [-0.39, 0.29) is 0 Å². The van der Waals surface area contributed by atoms with Gasteiger partial charge in [0.05, 0.1) is 6.54 Å². The summed E-state index contributed by atoms with van der Waals surface area (Å²) in [6.07, 6.45) is 8.90. The molecule has 2 unspecified atom stereocenters. The van der Waals surface area contributed by atoms with Gasteiger partial charge in [-0.25, -0.2) is 0 Å². The van der Waals surface area contributed by atoms with Crippen molar-refractivity contribution in [3.63, 3.8) is 0 Å². The van der Waals surface area contributed by atoms with E-state index in [1.807, 2.05) is 0 Å². The van der Waals surface area contributed by atoms with Crippen molar-refractivity contribution in [1.82, 2.24) is 20.4 Å². The summed E-state index contributed by atoms with van der Waals surface area (Å²) in [4.78, 5) is 7.20. The van der Waals surface area contributed by atoms with Gasteiger partial charge in [-0.2, -0.15) is 4.98 Å². The van der Waals surface area contributed by atoms with Gasteiger partial charge in [0.15, 0.2) is 5.82 Å². The molecule has 4 rings (SSSR count). The predicted octanol–water partition coefficient (Wildman–Crippen LogP) is 2.44. The van der Waals surface area contributed by atoms with Crippen LogP contribution in [0, 0.1) is 0 Å². The summed E-state index contributed by atoms with van der Waals surface area (Å²) in [5.74, 6) is 2.31. The van der Waals surface area contributed by atoms with Crippen molar-refractivity contribution < 1.29 is 4.52 Å². The SMILES string of the molecule is CCCN(Cc1noc(C2CC2)n1)C1CC2CCC(C1)N2. The molecule has 2 aliphatic heterocycles. The minimum atomic E-state index is 0.556. The third-order valence-electron chi connectivity index (χ3n) is 5.23. The van der Waals surface area contributed by atoms with Crippen LogP contribution in [0.1, 0.15) is 69.5 Å². The van der Waals surface area contributed by atoms with Crippen LogP contribution in [0.25, 0.3) is 0 Å². The van der Waals surface area contributed by atoms with Crippen LogP contribution in [0.15, 0.2) is 4.52 Å².